The standard InChI is InChI=1S/C14H16N4O2/c19-12-14(6-2-1-3-7-14)17-13(20)18(12)16-10-11-5-4-8-15-9-11/h4-5,8-10H,1-3,6-7H2,(H,17,20)/b16-10-. The Labute approximate surface area is 116 Å². The Bertz CT molecular complexity index is 550. The third-order valence-electron chi connectivity index (χ3n) is 3.85. The van der Waals surface area contributed by atoms with Gasteiger partial charge in [0.1, 0.15) is 5.54 Å². The fourth-order valence-electron chi connectivity index (χ4n) is 2.78. The molecule has 1 saturated heterocycles. The van der Waals surface area contributed by atoms with Crippen LogP contribution in [0.1, 0.15) is 37.7 Å². The van der Waals surface area contributed by atoms with E-state index in [1.807, 2.05) is 6.07 Å². The molecule has 1 N–H and O–H groups in total. The maximum atomic E-state index is 12.4. The van der Waals surface area contributed by atoms with Crippen LogP contribution in [0.2, 0.25) is 0 Å². The smallest absolute Gasteiger partial charge is 0.321 e. The van der Waals surface area contributed by atoms with Crippen LogP contribution in [0.4, 0.5) is 4.79 Å². The number of aromatic nitrogens is 1. The first-order valence-electron chi connectivity index (χ1n) is 6.82. The van der Waals surface area contributed by atoms with Crippen molar-refractivity contribution < 1.29 is 9.59 Å². The summed E-state index contributed by atoms with van der Waals surface area (Å²) >= 11 is 0. The molecule has 2 heterocycles. The second-order valence-electron chi connectivity index (χ2n) is 5.22. The molecule has 1 spiro atoms. The lowest BCUT2D eigenvalue weighted by molar-refractivity contribution is -0.132. The Balaban J connectivity index is 1.79. The molecule has 1 aliphatic heterocycles. The summed E-state index contributed by atoms with van der Waals surface area (Å²) in [5.74, 6) is -0.234. The predicted molar refractivity (Wildman–Crippen MR) is 73.0 cm³/mol. The molecule has 104 valence electrons. The number of urea groups is 1. The van der Waals surface area contributed by atoms with Crippen LogP contribution in [-0.4, -0.2) is 33.7 Å². The van der Waals surface area contributed by atoms with Gasteiger partial charge in [-0.2, -0.15) is 5.10 Å². The number of pyridine rings is 1. The molecule has 2 aliphatic rings. The van der Waals surface area contributed by atoms with Crippen molar-refractivity contribution in [2.75, 3.05) is 0 Å². The van der Waals surface area contributed by atoms with Gasteiger partial charge in [0.15, 0.2) is 0 Å². The van der Waals surface area contributed by atoms with Gasteiger partial charge in [0.2, 0.25) is 0 Å². The first-order chi connectivity index (χ1) is 9.71. The van der Waals surface area contributed by atoms with Crippen LogP contribution in [0.25, 0.3) is 0 Å². The van der Waals surface area contributed by atoms with Gasteiger partial charge in [0.25, 0.3) is 5.91 Å². The highest BCUT2D eigenvalue weighted by Crippen LogP contribution is 2.33. The lowest BCUT2D eigenvalue weighted by atomic mass is 9.82. The summed E-state index contributed by atoms with van der Waals surface area (Å²) in [6, 6.07) is 3.15. The lowest BCUT2D eigenvalue weighted by Gasteiger charge is -2.29. The first-order valence-corrected chi connectivity index (χ1v) is 6.82. The number of hydrazone groups is 1. The molecule has 3 rings (SSSR count). The molecule has 0 atom stereocenters. The summed E-state index contributed by atoms with van der Waals surface area (Å²) in [6.07, 6.45) is 9.21. The average Bonchev–Trinajstić information content (AvgIpc) is 2.70. The molecule has 0 unspecified atom stereocenters. The minimum absolute atomic E-state index is 0.234. The number of amides is 3. The fraction of sp³-hybridized carbons (Fsp3) is 0.429. The molecule has 3 amide bonds. The molecule has 1 saturated carbocycles. The Morgan fingerprint density at radius 1 is 1.30 bits per heavy atom. The summed E-state index contributed by atoms with van der Waals surface area (Å²) in [5, 5.41) is 7.77. The first kappa shape index (κ1) is 12.8. The second kappa shape index (κ2) is 5.03. The van der Waals surface area contributed by atoms with Crippen LogP contribution in [-0.2, 0) is 4.79 Å². The van der Waals surface area contributed by atoms with Crippen LogP contribution < -0.4 is 5.32 Å². The van der Waals surface area contributed by atoms with Crippen molar-refractivity contribution in [1.82, 2.24) is 15.3 Å². The van der Waals surface area contributed by atoms with E-state index >= 15 is 0 Å². The van der Waals surface area contributed by atoms with Crippen molar-refractivity contribution in [2.24, 2.45) is 5.10 Å². The SMILES string of the molecule is O=C1NC2(CCCCC2)C(=O)N1/N=C\c1cccnc1. The van der Waals surface area contributed by atoms with Gasteiger partial charge in [-0.3, -0.25) is 9.78 Å². The van der Waals surface area contributed by atoms with Gasteiger partial charge in [-0.15, -0.1) is 5.01 Å². The van der Waals surface area contributed by atoms with E-state index in [2.05, 4.69) is 15.4 Å². The molecule has 0 radical (unpaired) electrons. The Morgan fingerprint density at radius 3 is 2.80 bits per heavy atom. The van der Waals surface area contributed by atoms with E-state index in [0.29, 0.717) is 12.8 Å². The Morgan fingerprint density at radius 2 is 2.10 bits per heavy atom. The molecule has 0 bridgehead atoms. The minimum atomic E-state index is -0.721. The number of nitrogens with one attached hydrogen (secondary N) is 1. The number of hydrogen-bond acceptors (Lipinski definition) is 4. The van der Waals surface area contributed by atoms with Crippen LogP contribution >= 0.6 is 0 Å². The van der Waals surface area contributed by atoms with E-state index in [-0.39, 0.29) is 5.91 Å². The number of imide groups is 1. The zero-order valence-electron chi connectivity index (χ0n) is 11.1. The summed E-state index contributed by atoms with van der Waals surface area (Å²) in [4.78, 5) is 28.3. The van der Waals surface area contributed by atoms with E-state index in [1.165, 1.54) is 6.21 Å². The average molecular weight is 272 g/mol. The zero-order valence-corrected chi connectivity index (χ0v) is 11.1. The van der Waals surface area contributed by atoms with Crippen molar-refractivity contribution in [3.8, 4) is 0 Å². The van der Waals surface area contributed by atoms with Gasteiger partial charge >= 0.3 is 6.03 Å². The molecule has 6 heteroatoms. The molecular weight excluding hydrogens is 256 g/mol. The summed E-state index contributed by atoms with van der Waals surface area (Å²) in [6.45, 7) is 0. The highest BCUT2D eigenvalue weighted by molar-refractivity contribution is 6.07. The highest BCUT2D eigenvalue weighted by atomic mass is 16.2. The van der Waals surface area contributed by atoms with Crippen LogP contribution in [0.5, 0.6) is 0 Å². The number of nitrogens with zero attached hydrogens (tertiary/aromatic N) is 3. The van der Waals surface area contributed by atoms with Gasteiger partial charge in [-0.1, -0.05) is 25.3 Å². The van der Waals surface area contributed by atoms with Crippen LogP contribution in [0.3, 0.4) is 0 Å². The molecule has 1 aromatic rings. The summed E-state index contributed by atoms with van der Waals surface area (Å²) < 4.78 is 0. The van der Waals surface area contributed by atoms with Crippen molar-refractivity contribution >= 4 is 18.2 Å². The summed E-state index contributed by atoms with van der Waals surface area (Å²) in [5.41, 5.74) is 0.0272. The van der Waals surface area contributed by atoms with Gasteiger partial charge in [0.05, 0.1) is 6.21 Å². The maximum absolute atomic E-state index is 12.4. The van der Waals surface area contributed by atoms with Crippen LogP contribution in [0, 0.1) is 0 Å². The van der Waals surface area contributed by atoms with Crippen molar-refractivity contribution in [3.05, 3.63) is 30.1 Å². The van der Waals surface area contributed by atoms with E-state index in [1.54, 1.807) is 18.5 Å². The third-order valence-corrected chi connectivity index (χ3v) is 3.85. The number of carbonyl (C=O) groups excluding carboxylic acids is 2. The Hall–Kier alpha value is -2.24. The minimum Gasteiger partial charge on any atom is -0.321 e. The van der Waals surface area contributed by atoms with E-state index in [9.17, 15) is 9.59 Å². The zero-order chi connectivity index (χ0) is 14.0. The number of carbonyl (C=O) groups is 2. The molecule has 1 aromatic heterocycles. The monoisotopic (exact) mass is 272 g/mol. The van der Waals surface area contributed by atoms with Crippen molar-refractivity contribution in [3.63, 3.8) is 0 Å². The Kier molecular flexibility index (Phi) is 3.22. The van der Waals surface area contributed by atoms with Gasteiger partial charge in [-0.25, -0.2) is 4.79 Å². The van der Waals surface area contributed by atoms with Gasteiger partial charge < -0.3 is 5.32 Å². The van der Waals surface area contributed by atoms with E-state index < -0.39 is 11.6 Å². The second-order valence-corrected chi connectivity index (χ2v) is 5.22. The molecule has 2 fully saturated rings. The fourth-order valence-corrected chi connectivity index (χ4v) is 2.78. The molecular formula is C14H16N4O2. The van der Waals surface area contributed by atoms with Gasteiger partial charge in [-0.05, 0) is 18.9 Å². The maximum Gasteiger partial charge on any atom is 0.346 e. The molecule has 6 nitrogen and oxygen atoms in total. The van der Waals surface area contributed by atoms with E-state index in [0.717, 1.165) is 29.8 Å². The van der Waals surface area contributed by atoms with Crippen molar-refractivity contribution in [2.45, 2.75) is 37.6 Å². The molecule has 1 aliphatic carbocycles. The molecule has 0 aromatic carbocycles. The van der Waals surface area contributed by atoms with E-state index in [4.69, 9.17) is 0 Å². The van der Waals surface area contributed by atoms with Crippen molar-refractivity contribution in [1.29, 1.82) is 0 Å². The topological polar surface area (TPSA) is 74.7 Å². The van der Waals surface area contributed by atoms with Crippen LogP contribution in [0.15, 0.2) is 29.6 Å². The predicted octanol–water partition coefficient (Wildman–Crippen LogP) is 1.67. The molecule has 20 heavy (non-hydrogen) atoms. The number of hydrogen-bond donors (Lipinski definition) is 1. The highest BCUT2D eigenvalue weighted by Gasteiger charge is 2.51. The third kappa shape index (κ3) is 2.17. The van der Waals surface area contributed by atoms with Gasteiger partial charge in [0, 0.05) is 18.0 Å². The normalized spacial score (nSPS) is 21.7. The lowest BCUT2D eigenvalue weighted by Crippen LogP contribution is -2.48. The number of rotatable bonds is 2. The largest absolute Gasteiger partial charge is 0.346 e. The summed E-state index contributed by atoms with van der Waals surface area (Å²) in [7, 11) is 0. The quantitative estimate of drug-likeness (QED) is 0.657.